The number of hydrogen-bond donors (Lipinski definition) is 0. The molecular weight excluding hydrogens is 2280 g/mol. The minimum Gasteiger partial charge on any atom is -2.00 e. The molecule has 0 aliphatic heterocycles. The molecule has 0 aromatic heterocycles. The predicted molar refractivity (Wildman–Crippen MR) is 337 cm³/mol. The van der Waals surface area contributed by atoms with Crippen LogP contribution in [-0.2, 0) is 133 Å². The zero-order chi connectivity index (χ0) is 45.2. The molecule has 0 N–H and O–H groups in total. The third kappa shape index (κ3) is 38.7. The van der Waals surface area contributed by atoms with E-state index in [1.165, 1.54) is 64.0 Å². The molecular formula is C56H62N2O2P4Pd4Se8W2-8. The first-order valence-corrected chi connectivity index (χ1v) is 28.3. The number of benzene rings is 8. The van der Waals surface area contributed by atoms with Crippen LogP contribution in [0.15, 0.2) is 243 Å². The second-order valence-corrected chi connectivity index (χ2v) is 26.6. The summed E-state index contributed by atoms with van der Waals surface area (Å²) in [6.07, 6.45) is 1.50. The zero-order valence-electron chi connectivity index (χ0n) is 42.7. The predicted octanol–water partition coefficient (Wildman–Crippen LogP) is 5.70. The number of amides is 2. The van der Waals surface area contributed by atoms with Gasteiger partial charge in [0.1, 0.15) is 74.1 Å². The molecule has 22 heteroatoms. The first-order valence-electron chi connectivity index (χ1n) is 21.5. The number of hydrogen-bond acceptors (Lipinski definition) is 2. The van der Waals surface area contributed by atoms with Crippen molar-refractivity contribution in [2.45, 2.75) is 0 Å². The van der Waals surface area contributed by atoms with Gasteiger partial charge in [0.05, 0.1) is 0 Å². The maximum absolute atomic E-state index is 9.43. The van der Waals surface area contributed by atoms with E-state index in [1.807, 2.05) is 0 Å². The Bertz CT molecular complexity index is 2010. The van der Waals surface area contributed by atoms with Crippen LogP contribution in [0.3, 0.4) is 0 Å². The van der Waals surface area contributed by atoms with Crippen molar-refractivity contribution < 1.29 is 133 Å². The van der Waals surface area contributed by atoms with Gasteiger partial charge in [-0.05, 0) is 97.1 Å². The Hall–Kier alpha value is 2.60. The molecule has 78 heavy (non-hydrogen) atoms. The van der Waals surface area contributed by atoms with E-state index in [9.17, 15) is 9.59 Å². The van der Waals surface area contributed by atoms with Gasteiger partial charge in [0.25, 0.3) is 0 Å². The fourth-order valence-electron chi connectivity index (χ4n) is 6.95. The number of carbonyl (C=O) groups is 2. The molecule has 0 bridgehead atoms. The van der Waals surface area contributed by atoms with Crippen molar-refractivity contribution in [3.63, 3.8) is 0 Å². The van der Waals surface area contributed by atoms with E-state index >= 15 is 0 Å². The van der Waals surface area contributed by atoms with Gasteiger partial charge >= 0.3 is 40.8 Å². The molecule has 0 saturated carbocycles. The van der Waals surface area contributed by atoms with Gasteiger partial charge < -0.3 is 146 Å². The third-order valence-electron chi connectivity index (χ3n) is 10.1. The summed E-state index contributed by atoms with van der Waals surface area (Å²) in [6.45, 7) is 0. The van der Waals surface area contributed by atoms with Crippen LogP contribution in [0.5, 0.6) is 0 Å². The quantitative estimate of drug-likeness (QED) is 0.0799. The van der Waals surface area contributed by atoms with Crippen LogP contribution >= 0.6 is 31.7 Å². The number of rotatable bonds is 14. The molecule has 0 spiro atoms. The van der Waals surface area contributed by atoms with E-state index in [1.54, 1.807) is 28.2 Å². The Morgan fingerprint density at radius 1 is 0.269 bits per heavy atom. The smallest absolute Gasteiger partial charge is 2.00 e. The molecule has 8 rings (SSSR count). The number of nitrogens with zero attached hydrogens (tertiary/aromatic N) is 2. The summed E-state index contributed by atoms with van der Waals surface area (Å²) >= 11 is 0. The van der Waals surface area contributed by atoms with Gasteiger partial charge in [0.15, 0.2) is 11.8 Å². The van der Waals surface area contributed by atoms with Gasteiger partial charge in [-0.1, -0.05) is 146 Å². The van der Waals surface area contributed by atoms with E-state index in [0.29, 0.717) is 0 Å². The second kappa shape index (κ2) is 62.6. The van der Waals surface area contributed by atoms with Crippen LogP contribution in [0.25, 0.3) is 0 Å². The van der Waals surface area contributed by atoms with Crippen LogP contribution in [0.4, 0.5) is 0 Å². The van der Waals surface area contributed by atoms with Crippen molar-refractivity contribution in [2.24, 2.45) is 0 Å². The fourth-order valence-corrected chi connectivity index (χ4v) is 22.4. The molecule has 0 unspecified atom stereocenters. The van der Waals surface area contributed by atoms with E-state index < -0.39 is 31.7 Å². The molecule has 2 amide bonds. The fraction of sp³-hybridized carbons (Fsp3) is 0.107. The van der Waals surface area contributed by atoms with Crippen molar-refractivity contribution in [1.82, 2.24) is 9.80 Å². The van der Waals surface area contributed by atoms with Gasteiger partial charge in [-0.2, -0.15) is 0 Å². The molecule has 0 aliphatic carbocycles. The zero-order valence-corrected chi connectivity index (χ0v) is 72.5. The van der Waals surface area contributed by atoms with Gasteiger partial charge in [0, 0.05) is 111 Å². The SMILES string of the molecule is CN(C)C=O.CN(C)C=O.[Pd+2].[Pd+2].[Pd].[Pd].[Se-2].[Se-2].[Se-2].[Se-2].[Se-2].[Se-2].[Se-2].[Se-2].[W].[W].c1ccc([PH+](C[PH+](c2ccccc2)c2ccccc2)c2ccccc2)cc1.c1ccc([PH+](C[PH+](c2ccccc2)c2ccccc2)c2ccccc2)cc1. The van der Waals surface area contributed by atoms with E-state index in [2.05, 4.69) is 243 Å². The molecule has 0 atom stereocenters. The van der Waals surface area contributed by atoms with E-state index in [-0.39, 0.29) is 260 Å². The largest absolute Gasteiger partial charge is 2.00 e. The minimum absolute atomic E-state index is 0. The maximum Gasteiger partial charge on any atom is 2.00 e. The summed E-state index contributed by atoms with van der Waals surface area (Å²) in [5, 5.41) is 12.0. The minimum atomic E-state index is -0.847. The van der Waals surface area contributed by atoms with Crippen LogP contribution in [0.2, 0.25) is 0 Å². The average Bonchev–Trinajstić information content (AvgIpc) is 3.37. The molecule has 0 radical (unpaired) electrons. The summed E-state index contributed by atoms with van der Waals surface area (Å²) < 4.78 is 0. The van der Waals surface area contributed by atoms with Gasteiger partial charge in [0.2, 0.25) is 12.8 Å². The van der Waals surface area contributed by atoms with Gasteiger partial charge in [-0.3, -0.25) is 9.59 Å². The molecule has 8 aromatic carbocycles. The summed E-state index contributed by atoms with van der Waals surface area (Å²) in [5.41, 5.74) is 0. The Morgan fingerprint density at radius 3 is 0.436 bits per heavy atom. The first-order chi connectivity index (χ1) is 31.4. The molecule has 4 nitrogen and oxygen atoms in total. The van der Waals surface area contributed by atoms with Crippen LogP contribution in [0, 0.1) is 0 Å². The topological polar surface area (TPSA) is 40.6 Å². The van der Waals surface area contributed by atoms with Crippen molar-refractivity contribution in [3.8, 4) is 0 Å². The van der Waals surface area contributed by atoms with Gasteiger partial charge in [-0.25, -0.2) is 0 Å². The Labute approximate surface area is 639 Å². The van der Waals surface area contributed by atoms with Crippen LogP contribution in [0.1, 0.15) is 0 Å². The Balaban J connectivity index is -0.000000109. The summed E-state index contributed by atoms with van der Waals surface area (Å²) in [4.78, 5) is 21.8. The van der Waals surface area contributed by atoms with E-state index in [0.717, 1.165) is 12.8 Å². The van der Waals surface area contributed by atoms with Crippen molar-refractivity contribution in [1.29, 1.82) is 0 Å². The number of carbonyl (C=O) groups excluding carboxylic acids is 2. The van der Waals surface area contributed by atoms with Crippen LogP contribution in [-0.4, -0.2) is 199 Å². The van der Waals surface area contributed by atoms with Crippen molar-refractivity contribution in [3.05, 3.63) is 243 Å². The molecule has 0 saturated heterocycles. The summed E-state index contributed by atoms with van der Waals surface area (Å²) in [7, 11) is 3.36. The molecule has 0 fully saturated rings. The molecule has 8 aromatic rings. The monoisotopic (exact) mass is 2350 g/mol. The second-order valence-electron chi connectivity index (χ2n) is 15.3. The molecule has 0 heterocycles. The maximum atomic E-state index is 9.43. The average molecular weight is 2340 g/mol. The summed E-state index contributed by atoms with van der Waals surface area (Å²) in [6, 6.07) is 88.9. The standard InChI is InChI=1S/2C25H22P2.2C3H7NO.4Pd.8Se.2W/c2*1-5-13-22(14-6-1)26(23-15-7-2-8-16-23)21-27(24-17-9-3-10-18-24)25-19-11-4-12-20-25;2*1-4(2)3-5;;;;;;;;;;;;;;/h2*1-20H,21H2;2*3H,1-2H3;;;;;;;;;;;;;;/q;;;;;;2*+2;8*-2;;/p+4. The Kier molecular flexibility index (Phi) is 82.3. The van der Waals surface area contributed by atoms with Crippen molar-refractivity contribution >= 4 is 223 Å². The normalized spacial score (nSPS) is 8.51. The third-order valence-corrected chi connectivity index (χ3v) is 24.0. The van der Waals surface area contributed by atoms with Gasteiger partial charge in [-0.15, -0.1) is 0 Å². The van der Waals surface area contributed by atoms with Crippen LogP contribution < -0.4 is 42.4 Å². The van der Waals surface area contributed by atoms with Crippen molar-refractivity contribution in [2.75, 3.05) is 40.0 Å². The first kappa shape index (κ1) is 102. The summed E-state index contributed by atoms with van der Waals surface area (Å²) in [5.74, 6) is 2.49. The Morgan fingerprint density at radius 2 is 0.359 bits per heavy atom. The molecule has 436 valence electrons. The molecule has 0 aliphatic rings. The van der Waals surface area contributed by atoms with E-state index in [4.69, 9.17) is 0 Å².